The average molecular weight is 224 g/mol. The van der Waals surface area contributed by atoms with Gasteiger partial charge in [-0.25, -0.2) is 4.98 Å². The van der Waals surface area contributed by atoms with E-state index in [1.54, 1.807) is 6.33 Å². The summed E-state index contributed by atoms with van der Waals surface area (Å²) < 4.78 is 4.07. The number of nitrogens with zero attached hydrogens (tertiary/aromatic N) is 3. The van der Waals surface area contributed by atoms with Crippen LogP contribution in [0, 0.1) is 0 Å². The lowest BCUT2D eigenvalue weighted by molar-refractivity contribution is 0.354. The highest BCUT2D eigenvalue weighted by atomic mass is 32.1. The number of hydrogen-bond acceptors (Lipinski definition) is 5. The minimum Gasteiger partial charge on any atom is -0.347 e. The first-order chi connectivity index (χ1) is 7.33. The van der Waals surface area contributed by atoms with Crippen molar-refractivity contribution in [2.45, 2.75) is 43.8 Å². The summed E-state index contributed by atoms with van der Waals surface area (Å²) >= 11 is 1.49. The number of fused-ring (bicyclic) bond motifs is 2. The van der Waals surface area contributed by atoms with Crippen molar-refractivity contribution in [2.75, 3.05) is 11.9 Å². The lowest BCUT2D eigenvalue weighted by Crippen LogP contribution is -2.47. The second-order valence-electron chi connectivity index (χ2n) is 4.60. The van der Waals surface area contributed by atoms with Gasteiger partial charge in [-0.2, -0.15) is 4.37 Å². The van der Waals surface area contributed by atoms with Crippen LogP contribution in [0.15, 0.2) is 6.33 Å². The second kappa shape index (κ2) is 3.72. The van der Waals surface area contributed by atoms with E-state index in [0.29, 0.717) is 6.04 Å². The van der Waals surface area contributed by atoms with Crippen molar-refractivity contribution in [1.82, 2.24) is 14.7 Å². The highest BCUT2D eigenvalue weighted by Gasteiger charge is 2.35. The van der Waals surface area contributed by atoms with E-state index >= 15 is 0 Å². The van der Waals surface area contributed by atoms with Gasteiger partial charge in [0, 0.05) is 36.7 Å². The number of rotatable bonds is 2. The van der Waals surface area contributed by atoms with Gasteiger partial charge in [0.2, 0.25) is 5.13 Å². The maximum atomic E-state index is 4.27. The van der Waals surface area contributed by atoms with Gasteiger partial charge < -0.3 is 10.2 Å². The van der Waals surface area contributed by atoms with Crippen LogP contribution >= 0.6 is 11.5 Å². The molecule has 3 heterocycles. The number of aromatic nitrogens is 2. The smallest absolute Gasteiger partial charge is 0.204 e. The van der Waals surface area contributed by atoms with Crippen LogP contribution in [0.2, 0.25) is 0 Å². The zero-order valence-corrected chi connectivity index (χ0v) is 9.70. The molecule has 3 rings (SSSR count). The summed E-state index contributed by atoms with van der Waals surface area (Å²) in [5.74, 6) is 0. The first-order valence-corrected chi connectivity index (χ1v) is 6.36. The molecule has 2 aliphatic rings. The SMILES string of the molecule is CN(c1ncns1)C1CC2CCC(C1)N2. The lowest BCUT2D eigenvalue weighted by atomic mass is 9.99. The summed E-state index contributed by atoms with van der Waals surface area (Å²) in [6.45, 7) is 0. The standard InChI is InChI=1S/C10H16N4S/c1-14(10-11-6-12-15-10)9-4-7-2-3-8(5-9)13-7/h6-9,13H,2-5H2,1H3. The zero-order valence-electron chi connectivity index (χ0n) is 8.89. The Morgan fingerprint density at radius 3 is 2.73 bits per heavy atom. The average Bonchev–Trinajstić information content (AvgIpc) is 2.87. The third-order valence-electron chi connectivity index (χ3n) is 3.65. The molecule has 0 aliphatic carbocycles. The van der Waals surface area contributed by atoms with Crippen LogP contribution in [-0.4, -0.2) is 34.5 Å². The van der Waals surface area contributed by atoms with E-state index < -0.39 is 0 Å². The van der Waals surface area contributed by atoms with Crippen LogP contribution in [0.3, 0.4) is 0 Å². The van der Waals surface area contributed by atoms with Gasteiger partial charge in [-0.1, -0.05) is 0 Å². The number of nitrogens with one attached hydrogen (secondary N) is 1. The Morgan fingerprint density at radius 1 is 1.40 bits per heavy atom. The molecule has 2 bridgehead atoms. The Hall–Kier alpha value is -0.680. The molecular formula is C10H16N4S. The highest BCUT2D eigenvalue weighted by molar-refractivity contribution is 7.09. The highest BCUT2D eigenvalue weighted by Crippen LogP contribution is 2.31. The van der Waals surface area contributed by atoms with Gasteiger partial charge in [-0.3, -0.25) is 0 Å². The molecule has 15 heavy (non-hydrogen) atoms. The van der Waals surface area contributed by atoms with Gasteiger partial charge in [-0.15, -0.1) is 0 Å². The van der Waals surface area contributed by atoms with Crippen molar-refractivity contribution in [1.29, 1.82) is 0 Å². The van der Waals surface area contributed by atoms with Gasteiger partial charge in [0.25, 0.3) is 0 Å². The van der Waals surface area contributed by atoms with E-state index in [1.165, 1.54) is 37.2 Å². The molecule has 1 aromatic heterocycles. The van der Waals surface area contributed by atoms with Gasteiger partial charge in [0.05, 0.1) is 0 Å². The monoisotopic (exact) mass is 224 g/mol. The summed E-state index contributed by atoms with van der Waals surface area (Å²) in [6, 6.07) is 2.13. The Labute approximate surface area is 93.9 Å². The minimum atomic E-state index is 0.650. The fourth-order valence-corrected chi connectivity index (χ4v) is 3.38. The molecule has 5 heteroatoms. The molecule has 82 valence electrons. The van der Waals surface area contributed by atoms with Crippen molar-refractivity contribution < 1.29 is 0 Å². The van der Waals surface area contributed by atoms with Crippen molar-refractivity contribution in [2.24, 2.45) is 0 Å². The molecule has 2 aliphatic heterocycles. The summed E-state index contributed by atoms with van der Waals surface area (Å²) in [6.07, 6.45) is 6.86. The Balaban J connectivity index is 1.72. The van der Waals surface area contributed by atoms with E-state index in [4.69, 9.17) is 0 Å². The quantitative estimate of drug-likeness (QED) is 0.821. The summed E-state index contributed by atoms with van der Waals surface area (Å²) in [5, 5.41) is 4.72. The van der Waals surface area contributed by atoms with Gasteiger partial charge in [0.15, 0.2) is 0 Å². The molecule has 1 N–H and O–H groups in total. The zero-order chi connectivity index (χ0) is 10.3. The minimum absolute atomic E-state index is 0.650. The fourth-order valence-electron chi connectivity index (χ4n) is 2.82. The molecule has 0 radical (unpaired) electrons. The van der Waals surface area contributed by atoms with Crippen LogP contribution in [-0.2, 0) is 0 Å². The Morgan fingerprint density at radius 2 is 2.13 bits per heavy atom. The molecule has 0 amide bonds. The second-order valence-corrected chi connectivity index (χ2v) is 5.36. The summed E-state index contributed by atoms with van der Waals surface area (Å²) in [5.41, 5.74) is 0. The van der Waals surface area contributed by atoms with Crippen LogP contribution < -0.4 is 10.2 Å². The van der Waals surface area contributed by atoms with Crippen molar-refractivity contribution in [3.8, 4) is 0 Å². The molecule has 0 aromatic carbocycles. The molecule has 4 nitrogen and oxygen atoms in total. The largest absolute Gasteiger partial charge is 0.347 e. The van der Waals surface area contributed by atoms with Crippen molar-refractivity contribution in [3.05, 3.63) is 6.33 Å². The van der Waals surface area contributed by atoms with E-state index in [9.17, 15) is 0 Å². The van der Waals surface area contributed by atoms with Crippen LogP contribution in [0.1, 0.15) is 25.7 Å². The summed E-state index contributed by atoms with van der Waals surface area (Å²) in [7, 11) is 2.15. The maximum Gasteiger partial charge on any atom is 0.204 e. The van der Waals surface area contributed by atoms with Crippen LogP contribution in [0.5, 0.6) is 0 Å². The van der Waals surface area contributed by atoms with E-state index in [0.717, 1.165) is 17.2 Å². The third kappa shape index (κ3) is 1.74. The molecular weight excluding hydrogens is 208 g/mol. The molecule has 2 saturated heterocycles. The molecule has 1 aromatic rings. The Kier molecular flexibility index (Phi) is 2.36. The molecule has 2 fully saturated rings. The summed E-state index contributed by atoms with van der Waals surface area (Å²) in [4.78, 5) is 6.58. The van der Waals surface area contributed by atoms with Gasteiger partial charge >= 0.3 is 0 Å². The molecule has 0 spiro atoms. The van der Waals surface area contributed by atoms with E-state index in [2.05, 4.69) is 26.6 Å². The Bertz CT molecular complexity index is 314. The predicted molar refractivity (Wildman–Crippen MR) is 61.3 cm³/mol. The van der Waals surface area contributed by atoms with E-state index in [1.807, 2.05) is 0 Å². The number of anilines is 1. The van der Waals surface area contributed by atoms with Gasteiger partial charge in [0.1, 0.15) is 6.33 Å². The normalized spacial score (nSPS) is 34.3. The number of piperidine rings is 1. The topological polar surface area (TPSA) is 41.1 Å². The predicted octanol–water partition coefficient (Wildman–Crippen LogP) is 1.26. The first-order valence-electron chi connectivity index (χ1n) is 5.58. The van der Waals surface area contributed by atoms with Crippen LogP contribution in [0.25, 0.3) is 0 Å². The first kappa shape index (κ1) is 9.54. The van der Waals surface area contributed by atoms with Gasteiger partial charge in [-0.05, 0) is 25.7 Å². The lowest BCUT2D eigenvalue weighted by Gasteiger charge is -2.35. The maximum absolute atomic E-state index is 4.27. The van der Waals surface area contributed by atoms with Crippen molar-refractivity contribution >= 4 is 16.7 Å². The van der Waals surface area contributed by atoms with Crippen molar-refractivity contribution in [3.63, 3.8) is 0 Å². The van der Waals surface area contributed by atoms with Crippen LogP contribution in [0.4, 0.5) is 5.13 Å². The molecule has 2 atom stereocenters. The third-order valence-corrected chi connectivity index (χ3v) is 4.40. The fraction of sp³-hybridized carbons (Fsp3) is 0.800. The molecule has 2 unspecified atom stereocenters. The molecule has 0 saturated carbocycles. The van der Waals surface area contributed by atoms with E-state index in [-0.39, 0.29) is 0 Å². The number of hydrogen-bond donors (Lipinski definition) is 1.